The molecule has 1 aliphatic rings. The van der Waals surface area contributed by atoms with Crippen molar-refractivity contribution in [2.45, 2.75) is 32.2 Å². The molecule has 1 fully saturated rings. The molecule has 1 rings (SSSR count). The summed E-state index contributed by atoms with van der Waals surface area (Å²) in [5, 5.41) is 9.54. The van der Waals surface area contributed by atoms with Crippen LogP contribution in [0, 0.1) is 5.92 Å². The summed E-state index contributed by atoms with van der Waals surface area (Å²) < 4.78 is 10.3. The number of aliphatic hydroxyl groups is 1. The van der Waals surface area contributed by atoms with Gasteiger partial charge in [0.2, 0.25) is 0 Å². The molecule has 0 bridgehead atoms. The van der Waals surface area contributed by atoms with Crippen LogP contribution in [-0.4, -0.2) is 30.0 Å². The van der Waals surface area contributed by atoms with Gasteiger partial charge < -0.3 is 14.4 Å². The Morgan fingerprint density at radius 3 is 2.55 bits per heavy atom. The summed E-state index contributed by atoms with van der Waals surface area (Å²) in [6.07, 6.45) is -0.404. The van der Waals surface area contributed by atoms with Gasteiger partial charge in [0.05, 0.1) is 18.8 Å². The molecule has 3 nitrogen and oxygen atoms in total. The molecule has 0 amide bonds. The third-order valence-corrected chi connectivity index (χ3v) is 2.50. The largest absolute Gasteiger partial charge is 0.390 e. The van der Waals surface area contributed by atoms with Crippen molar-refractivity contribution in [3.05, 3.63) is 0 Å². The van der Waals surface area contributed by atoms with Gasteiger partial charge in [-0.05, 0) is 6.92 Å². The molecule has 1 unspecified atom stereocenters. The summed E-state index contributed by atoms with van der Waals surface area (Å²) in [6.45, 7) is 4.40. The predicted octanol–water partition coefficient (Wildman–Crippen LogP) is 0.577. The zero-order valence-corrected chi connectivity index (χ0v) is 8.01. The van der Waals surface area contributed by atoms with Gasteiger partial charge in [-0.2, -0.15) is 0 Å². The Morgan fingerprint density at radius 1 is 1.55 bits per heavy atom. The smallest absolute Gasteiger partial charge is 0.108 e. The number of rotatable bonds is 2. The van der Waals surface area contributed by atoms with E-state index < -0.39 is 0 Å². The molecular weight excluding hydrogens is 163 g/mol. The molecule has 0 aromatic rings. The zero-order valence-electron chi connectivity index (χ0n) is 6.86. The maximum absolute atomic E-state index is 9.54. The molecule has 0 radical (unpaired) electrons. The summed E-state index contributed by atoms with van der Waals surface area (Å²) in [5.41, 5.74) is 0. The van der Waals surface area contributed by atoms with Crippen molar-refractivity contribution < 1.29 is 14.4 Å². The lowest BCUT2D eigenvalue weighted by Crippen LogP contribution is -2.28. The minimum atomic E-state index is -0.384. The Morgan fingerprint density at radius 2 is 2.18 bits per heavy atom. The first-order valence-corrected chi connectivity index (χ1v) is 4.29. The lowest BCUT2D eigenvalue weighted by atomic mass is 10.00. The minimum absolute atomic E-state index is 0.134. The number of hydrogen-bond donors (Lipinski definition) is 1. The normalized spacial score (nSPS) is 44.7. The van der Waals surface area contributed by atoms with Crippen molar-refractivity contribution in [1.82, 2.24) is 0 Å². The first-order chi connectivity index (χ1) is 5.16. The standard InChI is InChI=1S/C7H15O3P/c1-4-5(2)10-6(3-9-11)7(4)8/h4-8H,3,11H2,1-2H3/t4-,5+,6-,7+/m1/s1. The van der Waals surface area contributed by atoms with Crippen molar-refractivity contribution in [1.29, 1.82) is 0 Å². The molecule has 0 aromatic heterocycles. The maximum Gasteiger partial charge on any atom is 0.108 e. The zero-order chi connectivity index (χ0) is 8.43. The van der Waals surface area contributed by atoms with Crippen molar-refractivity contribution in [3.8, 4) is 0 Å². The monoisotopic (exact) mass is 178 g/mol. The Kier molecular flexibility index (Phi) is 3.26. The molecule has 0 aliphatic carbocycles. The highest BCUT2D eigenvalue weighted by molar-refractivity contribution is 7.09. The van der Waals surface area contributed by atoms with Crippen LogP contribution >= 0.6 is 9.47 Å². The molecular formula is C7H15O3P. The van der Waals surface area contributed by atoms with Crippen LogP contribution in [-0.2, 0) is 9.26 Å². The predicted molar refractivity (Wildman–Crippen MR) is 45.2 cm³/mol. The van der Waals surface area contributed by atoms with Gasteiger partial charge in [-0.3, -0.25) is 0 Å². The SMILES string of the molecule is C[C@H]1[C@H](O)[C@@H](COP)O[C@H]1C. The Labute approximate surface area is 69.4 Å². The lowest BCUT2D eigenvalue weighted by Gasteiger charge is -2.13. The molecule has 0 saturated carbocycles. The third-order valence-electron chi connectivity index (χ3n) is 2.31. The average molecular weight is 178 g/mol. The summed E-state index contributed by atoms with van der Waals surface area (Å²) >= 11 is 0. The van der Waals surface area contributed by atoms with Gasteiger partial charge in [-0.1, -0.05) is 6.92 Å². The molecule has 11 heavy (non-hydrogen) atoms. The highest BCUT2D eigenvalue weighted by Gasteiger charge is 2.37. The molecule has 1 aliphatic heterocycles. The molecule has 0 aromatic carbocycles. The van der Waals surface area contributed by atoms with Crippen LogP contribution in [0.1, 0.15) is 13.8 Å². The molecule has 1 heterocycles. The lowest BCUT2D eigenvalue weighted by molar-refractivity contribution is -0.00720. The van der Waals surface area contributed by atoms with Crippen LogP contribution in [0.4, 0.5) is 0 Å². The highest BCUT2D eigenvalue weighted by Crippen LogP contribution is 2.26. The third kappa shape index (κ3) is 1.91. The van der Waals surface area contributed by atoms with Gasteiger partial charge >= 0.3 is 0 Å². The first-order valence-electron chi connectivity index (χ1n) is 3.82. The number of ether oxygens (including phenoxy) is 1. The summed E-state index contributed by atoms with van der Waals surface area (Å²) in [6, 6.07) is 0. The van der Waals surface area contributed by atoms with Crippen molar-refractivity contribution in [3.63, 3.8) is 0 Å². The van der Waals surface area contributed by atoms with Crippen LogP contribution in [0.15, 0.2) is 0 Å². The van der Waals surface area contributed by atoms with Crippen LogP contribution in [0.2, 0.25) is 0 Å². The second-order valence-corrected chi connectivity index (χ2v) is 3.40. The second-order valence-electron chi connectivity index (χ2n) is 3.06. The number of hydrogen-bond acceptors (Lipinski definition) is 3. The molecule has 4 heteroatoms. The number of aliphatic hydroxyl groups excluding tert-OH is 1. The molecule has 1 saturated heterocycles. The van der Waals surface area contributed by atoms with E-state index in [9.17, 15) is 5.11 Å². The summed E-state index contributed by atoms with van der Waals surface area (Å²) in [4.78, 5) is 0. The van der Waals surface area contributed by atoms with Gasteiger partial charge in [0.1, 0.15) is 6.10 Å². The molecule has 5 atom stereocenters. The van der Waals surface area contributed by atoms with Gasteiger partial charge in [-0.25, -0.2) is 0 Å². The van der Waals surface area contributed by atoms with E-state index in [0.717, 1.165) is 0 Å². The Hall–Kier alpha value is 0.310. The van der Waals surface area contributed by atoms with Crippen LogP contribution in [0.25, 0.3) is 0 Å². The van der Waals surface area contributed by atoms with E-state index in [0.29, 0.717) is 6.61 Å². The van der Waals surface area contributed by atoms with Crippen LogP contribution in [0.3, 0.4) is 0 Å². The van der Waals surface area contributed by atoms with Gasteiger partial charge in [0, 0.05) is 15.4 Å². The molecule has 0 spiro atoms. The van der Waals surface area contributed by atoms with Crippen LogP contribution in [0.5, 0.6) is 0 Å². The Bertz CT molecular complexity index is 131. The van der Waals surface area contributed by atoms with E-state index in [4.69, 9.17) is 9.26 Å². The summed E-state index contributed by atoms with van der Waals surface area (Å²) in [7, 11) is 2.16. The van der Waals surface area contributed by atoms with Gasteiger partial charge in [0.15, 0.2) is 0 Å². The first kappa shape index (κ1) is 9.40. The molecule has 1 N–H and O–H groups in total. The minimum Gasteiger partial charge on any atom is -0.390 e. The Balaban J connectivity index is 2.45. The maximum atomic E-state index is 9.54. The van der Waals surface area contributed by atoms with Crippen molar-refractivity contribution >= 4 is 9.47 Å². The van der Waals surface area contributed by atoms with E-state index in [1.807, 2.05) is 13.8 Å². The van der Waals surface area contributed by atoms with E-state index >= 15 is 0 Å². The van der Waals surface area contributed by atoms with Crippen LogP contribution < -0.4 is 0 Å². The van der Waals surface area contributed by atoms with Gasteiger partial charge in [-0.15, -0.1) is 0 Å². The summed E-state index contributed by atoms with van der Waals surface area (Å²) in [5.74, 6) is 0.208. The fourth-order valence-corrected chi connectivity index (χ4v) is 1.52. The van der Waals surface area contributed by atoms with E-state index in [2.05, 4.69) is 9.47 Å². The fourth-order valence-electron chi connectivity index (χ4n) is 1.33. The van der Waals surface area contributed by atoms with Crippen molar-refractivity contribution in [2.75, 3.05) is 6.61 Å². The fraction of sp³-hybridized carbons (Fsp3) is 1.00. The second kappa shape index (κ2) is 3.81. The average Bonchev–Trinajstić information content (AvgIpc) is 2.19. The topological polar surface area (TPSA) is 38.7 Å². The molecule has 66 valence electrons. The highest BCUT2D eigenvalue weighted by atomic mass is 31.0. The van der Waals surface area contributed by atoms with E-state index in [-0.39, 0.29) is 24.2 Å². The van der Waals surface area contributed by atoms with E-state index in [1.165, 1.54) is 0 Å². The van der Waals surface area contributed by atoms with Gasteiger partial charge in [0.25, 0.3) is 0 Å². The van der Waals surface area contributed by atoms with Crippen molar-refractivity contribution in [2.24, 2.45) is 5.92 Å². The quantitative estimate of drug-likeness (QED) is 0.628. The van der Waals surface area contributed by atoms with E-state index in [1.54, 1.807) is 0 Å².